The number of anilines is 1. The van der Waals surface area contributed by atoms with Gasteiger partial charge in [0.05, 0.1) is 11.6 Å². The smallest absolute Gasteiger partial charge is 0.327 e. The lowest BCUT2D eigenvalue weighted by molar-refractivity contribution is -0.143. The number of H-pyrrole nitrogens is 1. The normalized spacial score (nSPS) is 16.7. The molecule has 1 unspecified atom stereocenters. The van der Waals surface area contributed by atoms with Gasteiger partial charge in [0.2, 0.25) is 0 Å². The number of halogens is 3. The number of likely N-dealkylation sites (tertiary alicyclic amines) is 1. The lowest BCUT2D eigenvalue weighted by atomic mass is 9.99. The van der Waals surface area contributed by atoms with Crippen molar-refractivity contribution in [1.29, 1.82) is 0 Å². The van der Waals surface area contributed by atoms with E-state index in [-0.39, 0.29) is 6.04 Å². The Bertz CT molecular complexity index is 994. The number of alkyl halides is 3. The molecule has 154 valence electrons. The number of nitrogens with one attached hydrogen (secondary N) is 2. The second-order valence-electron chi connectivity index (χ2n) is 7.16. The van der Waals surface area contributed by atoms with Crippen LogP contribution in [0, 0.1) is 13.8 Å². The Labute approximate surface area is 164 Å². The number of hydrogen-bond acceptors (Lipinski definition) is 3. The highest BCUT2D eigenvalue weighted by molar-refractivity contribution is 6.39. The van der Waals surface area contributed by atoms with E-state index in [1.807, 2.05) is 42.3 Å². The summed E-state index contributed by atoms with van der Waals surface area (Å²) in [5.41, 5.74) is 0.275. The van der Waals surface area contributed by atoms with E-state index in [0.717, 1.165) is 16.7 Å². The van der Waals surface area contributed by atoms with E-state index >= 15 is 0 Å². The SMILES string of the molecule is Cc1cc(C)cc(C2CCCN2C(=O)C(=O)Nc2cc(C(F)(F)F)c[nH]c2=O)c1. The molecule has 6 nitrogen and oxygen atoms in total. The molecular weight excluding hydrogens is 387 g/mol. The number of hydrogen-bond donors (Lipinski definition) is 2. The van der Waals surface area contributed by atoms with Gasteiger partial charge >= 0.3 is 18.0 Å². The Morgan fingerprint density at radius 1 is 1.14 bits per heavy atom. The fourth-order valence-corrected chi connectivity index (χ4v) is 3.61. The number of aryl methyl sites for hydroxylation is 2. The van der Waals surface area contributed by atoms with Gasteiger partial charge in [0.25, 0.3) is 5.56 Å². The number of aromatic amines is 1. The fourth-order valence-electron chi connectivity index (χ4n) is 3.61. The maximum Gasteiger partial charge on any atom is 0.417 e. The zero-order chi connectivity index (χ0) is 21.3. The molecule has 1 aromatic heterocycles. The van der Waals surface area contributed by atoms with Crippen molar-refractivity contribution in [2.24, 2.45) is 0 Å². The maximum atomic E-state index is 12.8. The summed E-state index contributed by atoms with van der Waals surface area (Å²) in [7, 11) is 0. The van der Waals surface area contributed by atoms with Gasteiger partial charge in [-0.1, -0.05) is 29.3 Å². The summed E-state index contributed by atoms with van der Waals surface area (Å²) in [6.07, 6.45) is -2.82. The standard InChI is InChI=1S/C20H20F3N3O3/c1-11-6-12(2)8-13(7-11)16-4-3-5-26(16)19(29)18(28)25-15-9-14(20(21,22)23)10-24-17(15)27/h6-10,16H,3-5H2,1-2H3,(H,24,27)(H,25,28). The largest absolute Gasteiger partial charge is 0.417 e. The zero-order valence-electron chi connectivity index (χ0n) is 15.9. The third kappa shape index (κ3) is 4.49. The van der Waals surface area contributed by atoms with E-state index in [2.05, 4.69) is 0 Å². The first-order valence-electron chi connectivity index (χ1n) is 9.06. The zero-order valence-corrected chi connectivity index (χ0v) is 15.9. The minimum absolute atomic E-state index is 0.299. The Morgan fingerprint density at radius 2 is 1.79 bits per heavy atom. The predicted octanol–water partition coefficient (Wildman–Crippen LogP) is 3.31. The molecule has 29 heavy (non-hydrogen) atoms. The number of carbonyl (C=O) groups excluding carboxylic acids is 2. The summed E-state index contributed by atoms with van der Waals surface area (Å²) in [6.45, 7) is 4.22. The van der Waals surface area contributed by atoms with Crippen LogP contribution < -0.4 is 10.9 Å². The molecule has 1 aromatic carbocycles. The number of benzene rings is 1. The van der Waals surface area contributed by atoms with Gasteiger partial charge in [0, 0.05) is 12.7 Å². The van der Waals surface area contributed by atoms with Gasteiger partial charge in [-0.15, -0.1) is 0 Å². The summed E-state index contributed by atoms with van der Waals surface area (Å²) in [4.78, 5) is 40.2. The number of rotatable bonds is 2. The third-order valence-corrected chi connectivity index (χ3v) is 4.82. The average molecular weight is 407 g/mol. The molecule has 9 heteroatoms. The van der Waals surface area contributed by atoms with Gasteiger partial charge in [-0.25, -0.2) is 0 Å². The highest BCUT2D eigenvalue weighted by atomic mass is 19.4. The molecular formula is C20H20F3N3O3. The van der Waals surface area contributed by atoms with Crippen LogP contribution in [0.2, 0.25) is 0 Å². The molecule has 2 heterocycles. The molecule has 1 aliphatic rings. The van der Waals surface area contributed by atoms with Gasteiger partial charge in [0.15, 0.2) is 0 Å². The van der Waals surface area contributed by atoms with Crippen LogP contribution in [0.1, 0.15) is 41.1 Å². The summed E-state index contributed by atoms with van der Waals surface area (Å²) >= 11 is 0. The van der Waals surface area contributed by atoms with E-state index in [1.165, 1.54) is 4.90 Å². The first kappa shape index (κ1) is 20.6. The van der Waals surface area contributed by atoms with Gasteiger partial charge in [-0.2, -0.15) is 13.2 Å². The molecule has 0 radical (unpaired) electrons. The quantitative estimate of drug-likeness (QED) is 0.750. The number of aromatic nitrogens is 1. The van der Waals surface area contributed by atoms with Crippen molar-refractivity contribution in [3.63, 3.8) is 0 Å². The minimum atomic E-state index is -4.70. The summed E-state index contributed by atoms with van der Waals surface area (Å²) in [5, 5.41) is 2.02. The Kier molecular flexibility index (Phi) is 5.50. The number of carbonyl (C=O) groups is 2. The molecule has 0 saturated carbocycles. The van der Waals surface area contributed by atoms with Crippen molar-refractivity contribution in [3.8, 4) is 0 Å². The van der Waals surface area contributed by atoms with Crippen LogP contribution in [-0.2, 0) is 15.8 Å². The number of amides is 2. The molecule has 0 aliphatic carbocycles. The van der Waals surface area contributed by atoms with Crippen molar-refractivity contribution < 1.29 is 22.8 Å². The predicted molar refractivity (Wildman–Crippen MR) is 100 cm³/mol. The van der Waals surface area contributed by atoms with E-state index in [9.17, 15) is 27.6 Å². The molecule has 2 amide bonds. The summed E-state index contributed by atoms with van der Waals surface area (Å²) in [6, 6.07) is 6.09. The minimum Gasteiger partial charge on any atom is -0.327 e. The van der Waals surface area contributed by atoms with Crippen LogP contribution >= 0.6 is 0 Å². The molecule has 3 rings (SSSR count). The molecule has 1 atom stereocenters. The molecule has 1 saturated heterocycles. The van der Waals surface area contributed by atoms with Gasteiger partial charge in [0.1, 0.15) is 5.69 Å². The lowest BCUT2D eigenvalue weighted by Gasteiger charge is -2.25. The first-order valence-corrected chi connectivity index (χ1v) is 9.06. The maximum absolute atomic E-state index is 12.8. The Hall–Kier alpha value is -3.10. The van der Waals surface area contributed by atoms with E-state index in [4.69, 9.17) is 0 Å². The topological polar surface area (TPSA) is 82.3 Å². The van der Waals surface area contributed by atoms with Gasteiger partial charge < -0.3 is 15.2 Å². The van der Waals surface area contributed by atoms with Crippen molar-refractivity contribution in [3.05, 3.63) is 63.1 Å². The van der Waals surface area contributed by atoms with Crippen molar-refractivity contribution in [2.75, 3.05) is 11.9 Å². The summed E-state index contributed by atoms with van der Waals surface area (Å²) in [5.74, 6) is -2.03. The van der Waals surface area contributed by atoms with Crippen molar-refractivity contribution in [1.82, 2.24) is 9.88 Å². The van der Waals surface area contributed by atoms with E-state index in [0.29, 0.717) is 31.6 Å². The number of nitrogens with zero attached hydrogens (tertiary/aromatic N) is 1. The summed E-state index contributed by atoms with van der Waals surface area (Å²) < 4.78 is 38.5. The monoisotopic (exact) mass is 407 g/mol. The first-order chi connectivity index (χ1) is 13.6. The highest BCUT2D eigenvalue weighted by Crippen LogP contribution is 2.33. The van der Waals surface area contributed by atoms with Gasteiger partial charge in [-0.3, -0.25) is 14.4 Å². The van der Waals surface area contributed by atoms with Crippen LogP contribution in [0.4, 0.5) is 18.9 Å². The van der Waals surface area contributed by atoms with Crippen LogP contribution in [0.25, 0.3) is 0 Å². The number of pyridine rings is 1. The van der Waals surface area contributed by atoms with E-state index in [1.54, 1.807) is 0 Å². The molecule has 0 spiro atoms. The molecule has 0 bridgehead atoms. The van der Waals surface area contributed by atoms with Crippen molar-refractivity contribution in [2.45, 2.75) is 38.9 Å². The van der Waals surface area contributed by atoms with Crippen LogP contribution in [0.3, 0.4) is 0 Å². The van der Waals surface area contributed by atoms with Crippen molar-refractivity contribution >= 4 is 17.5 Å². The lowest BCUT2D eigenvalue weighted by Crippen LogP contribution is -2.40. The van der Waals surface area contributed by atoms with Gasteiger partial charge in [-0.05, 0) is 38.3 Å². The fraction of sp³-hybridized carbons (Fsp3) is 0.350. The molecule has 1 aliphatic heterocycles. The second-order valence-corrected chi connectivity index (χ2v) is 7.16. The van der Waals surface area contributed by atoms with Crippen LogP contribution in [0.15, 0.2) is 35.3 Å². The van der Waals surface area contributed by atoms with E-state index < -0.39 is 34.8 Å². The molecule has 2 aromatic rings. The Balaban J connectivity index is 1.81. The average Bonchev–Trinajstić information content (AvgIpc) is 3.10. The highest BCUT2D eigenvalue weighted by Gasteiger charge is 2.35. The molecule has 2 N–H and O–H groups in total. The Morgan fingerprint density at radius 3 is 2.41 bits per heavy atom. The van der Waals surface area contributed by atoms with Crippen LogP contribution in [0.5, 0.6) is 0 Å². The van der Waals surface area contributed by atoms with Crippen LogP contribution in [-0.4, -0.2) is 28.2 Å². The second kappa shape index (κ2) is 7.73. The third-order valence-electron chi connectivity index (χ3n) is 4.82. The molecule has 1 fully saturated rings.